The largest absolute Gasteiger partial charge is 0.301 e. The number of hydrogen-bond donors (Lipinski definition) is 0. The average molecular weight is 272 g/mol. The molecular formula is C14H26ClN3. The lowest BCUT2D eigenvalue weighted by Gasteiger charge is -2.22. The van der Waals surface area contributed by atoms with Crippen LogP contribution in [0.25, 0.3) is 0 Å². The molecule has 1 aromatic rings. The van der Waals surface area contributed by atoms with Gasteiger partial charge in [0.1, 0.15) is 5.82 Å². The second-order valence-corrected chi connectivity index (χ2v) is 6.41. The quantitative estimate of drug-likeness (QED) is 0.765. The van der Waals surface area contributed by atoms with Gasteiger partial charge in [-0.15, -0.1) is 10.2 Å². The van der Waals surface area contributed by atoms with E-state index in [2.05, 4.69) is 49.4 Å². The predicted octanol–water partition coefficient (Wildman–Crippen LogP) is 4.45. The van der Waals surface area contributed by atoms with Crippen molar-refractivity contribution in [2.45, 2.75) is 72.3 Å². The number of rotatable bonds is 6. The molecule has 1 rings (SSSR count). The summed E-state index contributed by atoms with van der Waals surface area (Å²) < 4.78 is 2.09. The maximum Gasteiger partial charge on any atom is 0.225 e. The van der Waals surface area contributed by atoms with Crippen LogP contribution >= 0.6 is 11.6 Å². The van der Waals surface area contributed by atoms with E-state index in [0.29, 0.717) is 11.2 Å². The molecule has 18 heavy (non-hydrogen) atoms. The van der Waals surface area contributed by atoms with Crippen LogP contribution in [0.5, 0.6) is 0 Å². The van der Waals surface area contributed by atoms with Gasteiger partial charge in [0.05, 0.1) is 0 Å². The zero-order chi connectivity index (χ0) is 13.8. The first-order valence-electron chi connectivity index (χ1n) is 6.99. The minimum Gasteiger partial charge on any atom is -0.301 e. The van der Waals surface area contributed by atoms with Crippen molar-refractivity contribution in [2.75, 3.05) is 0 Å². The summed E-state index contributed by atoms with van der Waals surface area (Å²) in [5.74, 6) is 1.65. The highest BCUT2D eigenvalue weighted by Crippen LogP contribution is 2.25. The molecule has 0 radical (unpaired) electrons. The highest BCUT2D eigenvalue weighted by atomic mass is 35.5. The van der Waals surface area contributed by atoms with E-state index < -0.39 is 0 Å². The van der Waals surface area contributed by atoms with Gasteiger partial charge in [0.15, 0.2) is 0 Å². The fourth-order valence-corrected chi connectivity index (χ4v) is 2.36. The van der Waals surface area contributed by atoms with E-state index in [1.165, 1.54) is 25.7 Å². The smallest absolute Gasteiger partial charge is 0.225 e. The van der Waals surface area contributed by atoms with Gasteiger partial charge in [0, 0.05) is 12.0 Å². The van der Waals surface area contributed by atoms with Crippen molar-refractivity contribution in [1.82, 2.24) is 14.8 Å². The lowest BCUT2D eigenvalue weighted by Crippen LogP contribution is -2.22. The van der Waals surface area contributed by atoms with Crippen LogP contribution in [0, 0.1) is 5.92 Å². The summed E-state index contributed by atoms with van der Waals surface area (Å²) in [5.41, 5.74) is -0.0107. The zero-order valence-corrected chi connectivity index (χ0v) is 13.1. The van der Waals surface area contributed by atoms with E-state index in [-0.39, 0.29) is 5.41 Å². The predicted molar refractivity (Wildman–Crippen MR) is 77.0 cm³/mol. The van der Waals surface area contributed by atoms with Gasteiger partial charge >= 0.3 is 0 Å². The Labute approximate surface area is 116 Å². The molecule has 0 N–H and O–H groups in total. The van der Waals surface area contributed by atoms with Crippen LogP contribution in [0.15, 0.2) is 0 Å². The first kappa shape index (κ1) is 15.5. The summed E-state index contributed by atoms with van der Waals surface area (Å²) in [5, 5.41) is 8.79. The molecule has 0 aromatic carbocycles. The van der Waals surface area contributed by atoms with Gasteiger partial charge in [-0.25, -0.2) is 0 Å². The number of hydrogen-bond acceptors (Lipinski definition) is 2. The molecule has 1 heterocycles. The van der Waals surface area contributed by atoms with E-state index in [1.807, 2.05) is 0 Å². The van der Waals surface area contributed by atoms with Crippen LogP contribution in [0.2, 0.25) is 5.28 Å². The molecular weight excluding hydrogens is 246 g/mol. The second kappa shape index (κ2) is 6.55. The van der Waals surface area contributed by atoms with Crippen LogP contribution in [0.1, 0.15) is 66.1 Å². The summed E-state index contributed by atoms with van der Waals surface area (Å²) >= 11 is 6.18. The second-order valence-electron chi connectivity index (χ2n) is 6.07. The van der Waals surface area contributed by atoms with Crippen molar-refractivity contribution in [2.24, 2.45) is 5.92 Å². The van der Waals surface area contributed by atoms with Gasteiger partial charge in [-0.1, -0.05) is 53.9 Å². The number of unbranched alkanes of at least 4 members (excludes halogenated alkanes) is 1. The normalized spacial score (nSPS) is 13.9. The molecule has 0 amide bonds. The van der Waals surface area contributed by atoms with E-state index in [9.17, 15) is 0 Å². The van der Waals surface area contributed by atoms with E-state index >= 15 is 0 Å². The Balaban J connectivity index is 2.85. The maximum absolute atomic E-state index is 6.18. The Morgan fingerprint density at radius 3 is 2.39 bits per heavy atom. The van der Waals surface area contributed by atoms with Crippen LogP contribution in [-0.4, -0.2) is 14.8 Å². The summed E-state index contributed by atoms with van der Waals surface area (Å²) in [4.78, 5) is 0. The molecule has 0 aliphatic rings. The molecule has 104 valence electrons. The van der Waals surface area contributed by atoms with Gasteiger partial charge in [-0.2, -0.15) is 0 Å². The van der Waals surface area contributed by atoms with Gasteiger partial charge in [-0.3, -0.25) is 0 Å². The standard InChI is InChI=1S/C14H26ClN3/c1-6-8-9-11(7-2)10-18-12(14(3,4)5)16-17-13(18)15/h11H,6-10H2,1-5H3. The van der Waals surface area contributed by atoms with E-state index in [1.54, 1.807) is 0 Å². The van der Waals surface area contributed by atoms with Crippen molar-refractivity contribution in [1.29, 1.82) is 0 Å². The average Bonchev–Trinajstić information content (AvgIpc) is 2.65. The van der Waals surface area contributed by atoms with Crippen LogP contribution in [0.3, 0.4) is 0 Å². The summed E-state index contributed by atoms with van der Waals surface area (Å²) in [6.45, 7) is 11.9. The molecule has 3 nitrogen and oxygen atoms in total. The first-order chi connectivity index (χ1) is 8.40. The van der Waals surface area contributed by atoms with E-state index in [0.717, 1.165) is 12.4 Å². The first-order valence-corrected chi connectivity index (χ1v) is 7.37. The Morgan fingerprint density at radius 1 is 1.22 bits per heavy atom. The SMILES string of the molecule is CCCCC(CC)Cn1c(Cl)nnc1C(C)(C)C. The number of halogens is 1. The van der Waals surface area contributed by atoms with Crippen molar-refractivity contribution in [3.63, 3.8) is 0 Å². The topological polar surface area (TPSA) is 30.7 Å². The third kappa shape index (κ3) is 3.98. The molecule has 0 aliphatic heterocycles. The molecule has 0 saturated heterocycles. The van der Waals surface area contributed by atoms with Crippen LogP contribution < -0.4 is 0 Å². The minimum atomic E-state index is -0.0107. The monoisotopic (exact) mass is 271 g/mol. The van der Waals surface area contributed by atoms with Crippen molar-refractivity contribution in [3.8, 4) is 0 Å². The molecule has 0 aliphatic carbocycles. The molecule has 0 fully saturated rings. The van der Waals surface area contributed by atoms with Gasteiger partial charge < -0.3 is 4.57 Å². The van der Waals surface area contributed by atoms with Crippen LogP contribution in [0.4, 0.5) is 0 Å². The van der Waals surface area contributed by atoms with Gasteiger partial charge in [0.25, 0.3) is 0 Å². The van der Waals surface area contributed by atoms with Crippen LogP contribution in [-0.2, 0) is 12.0 Å². The van der Waals surface area contributed by atoms with Gasteiger partial charge in [0.2, 0.25) is 5.28 Å². The Kier molecular flexibility index (Phi) is 5.64. The van der Waals surface area contributed by atoms with Crippen molar-refractivity contribution < 1.29 is 0 Å². The number of aromatic nitrogens is 3. The Morgan fingerprint density at radius 2 is 1.89 bits per heavy atom. The molecule has 1 unspecified atom stereocenters. The van der Waals surface area contributed by atoms with Crippen molar-refractivity contribution in [3.05, 3.63) is 11.1 Å². The lowest BCUT2D eigenvalue weighted by molar-refractivity contribution is 0.370. The maximum atomic E-state index is 6.18. The lowest BCUT2D eigenvalue weighted by atomic mass is 9.94. The molecule has 1 atom stereocenters. The minimum absolute atomic E-state index is 0.0107. The molecule has 1 aromatic heterocycles. The highest BCUT2D eigenvalue weighted by Gasteiger charge is 2.24. The summed E-state index contributed by atoms with van der Waals surface area (Å²) in [6, 6.07) is 0. The fraction of sp³-hybridized carbons (Fsp3) is 0.857. The molecule has 0 saturated carbocycles. The summed E-state index contributed by atoms with van der Waals surface area (Å²) in [7, 11) is 0. The molecule has 4 heteroatoms. The van der Waals surface area contributed by atoms with E-state index in [4.69, 9.17) is 11.6 Å². The fourth-order valence-electron chi connectivity index (χ4n) is 2.18. The number of nitrogens with zero attached hydrogens (tertiary/aromatic N) is 3. The Bertz CT molecular complexity index is 366. The third-order valence-electron chi connectivity index (χ3n) is 3.36. The Hall–Kier alpha value is -0.570. The third-order valence-corrected chi connectivity index (χ3v) is 3.64. The summed E-state index contributed by atoms with van der Waals surface area (Å²) in [6.07, 6.45) is 4.96. The molecule has 0 bridgehead atoms. The zero-order valence-electron chi connectivity index (χ0n) is 12.3. The van der Waals surface area contributed by atoms with Gasteiger partial charge in [-0.05, 0) is 23.9 Å². The molecule has 0 spiro atoms. The van der Waals surface area contributed by atoms with Crippen molar-refractivity contribution >= 4 is 11.6 Å². The highest BCUT2D eigenvalue weighted by molar-refractivity contribution is 6.28.